The molecule has 2 aromatic rings. The highest BCUT2D eigenvalue weighted by atomic mass is 35.5. The number of benzene rings is 2. The highest BCUT2D eigenvalue weighted by Gasteiger charge is 2.25. The maximum atomic E-state index is 13.7. The zero-order valence-corrected chi connectivity index (χ0v) is 16.0. The normalized spacial score (nSPS) is 15.9. The van der Waals surface area contributed by atoms with Crippen LogP contribution in [0.15, 0.2) is 47.4 Å². The summed E-state index contributed by atoms with van der Waals surface area (Å²) in [5.41, 5.74) is 1.36. The van der Waals surface area contributed by atoms with Crippen molar-refractivity contribution in [1.82, 2.24) is 9.62 Å². The number of nitrogens with one attached hydrogen (secondary N) is 1. The molecular formula is C19H22ClFN2O2S. The molecule has 2 aromatic carbocycles. The second kappa shape index (κ2) is 8.48. The summed E-state index contributed by atoms with van der Waals surface area (Å²) in [6, 6.07) is 11.4. The predicted octanol–water partition coefficient (Wildman–Crippen LogP) is 3.94. The highest BCUT2D eigenvalue weighted by Crippen LogP contribution is 2.21. The first-order chi connectivity index (χ1) is 12.5. The van der Waals surface area contributed by atoms with Crippen LogP contribution in [0.1, 0.15) is 30.4 Å². The number of nitrogens with zero attached hydrogens (tertiary/aromatic N) is 1. The Bertz CT molecular complexity index is 830. The Morgan fingerprint density at radius 1 is 1.00 bits per heavy atom. The van der Waals surface area contributed by atoms with Crippen molar-refractivity contribution >= 4 is 21.6 Å². The smallest absolute Gasteiger partial charge is 0.243 e. The van der Waals surface area contributed by atoms with Gasteiger partial charge in [-0.05, 0) is 42.7 Å². The third-order valence-corrected chi connectivity index (χ3v) is 6.84. The summed E-state index contributed by atoms with van der Waals surface area (Å²) in [6.45, 7) is 1.98. The van der Waals surface area contributed by atoms with Gasteiger partial charge in [-0.2, -0.15) is 4.31 Å². The number of sulfonamides is 1. The average Bonchev–Trinajstić information content (AvgIpc) is 2.65. The SMILES string of the molecule is O=S(=O)(c1ccc(CNCc2c(F)cccc2Cl)cc1)N1CCCCC1. The molecule has 7 heteroatoms. The minimum atomic E-state index is -3.41. The molecule has 0 bridgehead atoms. The average molecular weight is 397 g/mol. The van der Waals surface area contributed by atoms with E-state index in [-0.39, 0.29) is 5.82 Å². The third kappa shape index (κ3) is 4.43. The lowest BCUT2D eigenvalue weighted by molar-refractivity contribution is 0.346. The quantitative estimate of drug-likeness (QED) is 0.804. The number of piperidine rings is 1. The molecule has 0 atom stereocenters. The molecule has 0 unspecified atom stereocenters. The van der Waals surface area contributed by atoms with E-state index in [4.69, 9.17) is 11.6 Å². The molecule has 0 spiro atoms. The van der Waals surface area contributed by atoms with E-state index in [0.717, 1.165) is 24.8 Å². The molecule has 0 aliphatic carbocycles. The third-order valence-electron chi connectivity index (χ3n) is 4.57. The zero-order chi connectivity index (χ0) is 18.6. The van der Waals surface area contributed by atoms with Crippen LogP contribution in [0.25, 0.3) is 0 Å². The Morgan fingerprint density at radius 3 is 2.35 bits per heavy atom. The molecule has 0 aromatic heterocycles. The summed E-state index contributed by atoms with van der Waals surface area (Å²) >= 11 is 6.00. The fourth-order valence-electron chi connectivity index (χ4n) is 3.07. The number of rotatable bonds is 6. The topological polar surface area (TPSA) is 49.4 Å². The molecule has 3 rings (SSSR count). The highest BCUT2D eigenvalue weighted by molar-refractivity contribution is 7.89. The van der Waals surface area contributed by atoms with Gasteiger partial charge in [0.2, 0.25) is 10.0 Å². The van der Waals surface area contributed by atoms with E-state index in [0.29, 0.717) is 41.7 Å². The summed E-state index contributed by atoms with van der Waals surface area (Å²) in [7, 11) is -3.41. The lowest BCUT2D eigenvalue weighted by Gasteiger charge is -2.25. The van der Waals surface area contributed by atoms with E-state index in [1.807, 2.05) is 0 Å². The van der Waals surface area contributed by atoms with Gasteiger partial charge in [-0.3, -0.25) is 0 Å². The number of hydrogen-bond acceptors (Lipinski definition) is 3. The van der Waals surface area contributed by atoms with Crippen molar-refractivity contribution < 1.29 is 12.8 Å². The summed E-state index contributed by atoms with van der Waals surface area (Å²) in [5, 5.41) is 3.53. The van der Waals surface area contributed by atoms with Gasteiger partial charge in [0.1, 0.15) is 5.82 Å². The van der Waals surface area contributed by atoms with E-state index in [1.54, 1.807) is 40.7 Å². The van der Waals surface area contributed by atoms with Gasteiger partial charge in [0.15, 0.2) is 0 Å². The molecule has 140 valence electrons. The molecule has 1 N–H and O–H groups in total. The molecule has 0 radical (unpaired) electrons. The van der Waals surface area contributed by atoms with Gasteiger partial charge in [-0.1, -0.05) is 36.2 Å². The lowest BCUT2D eigenvalue weighted by Crippen LogP contribution is -2.35. The molecule has 1 aliphatic heterocycles. The molecule has 1 heterocycles. The van der Waals surface area contributed by atoms with E-state index < -0.39 is 10.0 Å². The first-order valence-corrected chi connectivity index (χ1v) is 10.5. The summed E-state index contributed by atoms with van der Waals surface area (Å²) in [4.78, 5) is 0.320. The van der Waals surface area contributed by atoms with Crippen molar-refractivity contribution in [1.29, 1.82) is 0 Å². The monoisotopic (exact) mass is 396 g/mol. The predicted molar refractivity (Wildman–Crippen MR) is 101 cm³/mol. The van der Waals surface area contributed by atoms with Crippen LogP contribution in [-0.2, 0) is 23.1 Å². The van der Waals surface area contributed by atoms with Crippen LogP contribution in [0.3, 0.4) is 0 Å². The second-order valence-corrected chi connectivity index (χ2v) is 8.76. The molecule has 26 heavy (non-hydrogen) atoms. The van der Waals surface area contributed by atoms with E-state index in [2.05, 4.69) is 5.32 Å². The molecular weight excluding hydrogens is 375 g/mol. The first-order valence-electron chi connectivity index (χ1n) is 8.71. The largest absolute Gasteiger partial charge is 0.308 e. The van der Waals surface area contributed by atoms with Crippen LogP contribution >= 0.6 is 11.6 Å². The Kier molecular flexibility index (Phi) is 6.29. The summed E-state index contributed by atoms with van der Waals surface area (Å²) < 4.78 is 40.6. The van der Waals surface area contributed by atoms with Crippen molar-refractivity contribution in [2.45, 2.75) is 37.2 Å². The van der Waals surface area contributed by atoms with Gasteiger partial charge < -0.3 is 5.32 Å². The number of hydrogen-bond donors (Lipinski definition) is 1. The fraction of sp³-hybridized carbons (Fsp3) is 0.368. The Morgan fingerprint density at radius 2 is 1.69 bits per heavy atom. The molecule has 0 saturated carbocycles. The molecule has 0 amide bonds. The van der Waals surface area contributed by atoms with Crippen LogP contribution in [-0.4, -0.2) is 25.8 Å². The van der Waals surface area contributed by atoms with Crippen LogP contribution in [0, 0.1) is 5.82 Å². The van der Waals surface area contributed by atoms with Crippen LogP contribution in [0.5, 0.6) is 0 Å². The molecule has 1 saturated heterocycles. The summed E-state index contributed by atoms with van der Waals surface area (Å²) in [5.74, 6) is -0.340. The van der Waals surface area contributed by atoms with Crippen molar-refractivity contribution in [3.8, 4) is 0 Å². The van der Waals surface area contributed by atoms with E-state index >= 15 is 0 Å². The Hall–Kier alpha value is -1.47. The minimum Gasteiger partial charge on any atom is -0.308 e. The minimum absolute atomic E-state index is 0.305. The van der Waals surface area contributed by atoms with E-state index in [9.17, 15) is 12.8 Å². The van der Waals surface area contributed by atoms with Crippen LogP contribution in [0.2, 0.25) is 5.02 Å². The second-order valence-electron chi connectivity index (χ2n) is 6.41. The van der Waals surface area contributed by atoms with Gasteiger partial charge in [0, 0.05) is 36.8 Å². The maximum Gasteiger partial charge on any atom is 0.243 e. The van der Waals surface area contributed by atoms with Crippen LogP contribution < -0.4 is 5.32 Å². The molecule has 4 nitrogen and oxygen atoms in total. The summed E-state index contributed by atoms with van der Waals surface area (Å²) in [6.07, 6.45) is 2.92. The fourth-order valence-corrected chi connectivity index (χ4v) is 4.81. The molecule has 1 aliphatic rings. The Balaban J connectivity index is 1.61. The van der Waals surface area contributed by atoms with Crippen LogP contribution in [0.4, 0.5) is 4.39 Å². The van der Waals surface area contributed by atoms with Crippen molar-refractivity contribution in [3.05, 3.63) is 64.4 Å². The Labute approximate surface area is 159 Å². The van der Waals surface area contributed by atoms with Crippen molar-refractivity contribution in [2.24, 2.45) is 0 Å². The van der Waals surface area contributed by atoms with Crippen molar-refractivity contribution in [3.63, 3.8) is 0 Å². The van der Waals surface area contributed by atoms with E-state index in [1.165, 1.54) is 6.07 Å². The molecule has 1 fully saturated rings. The standard InChI is InChI=1S/C19H22ClFN2O2S/c20-18-5-4-6-19(21)17(18)14-22-13-15-7-9-16(10-8-15)26(24,25)23-11-2-1-3-12-23/h4-10,22H,1-3,11-14H2. The van der Waals surface area contributed by atoms with Gasteiger partial charge in [-0.25, -0.2) is 12.8 Å². The lowest BCUT2D eigenvalue weighted by atomic mass is 10.2. The van der Waals surface area contributed by atoms with Gasteiger partial charge >= 0.3 is 0 Å². The zero-order valence-electron chi connectivity index (χ0n) is 14.4. The van der Waals surface area contributed by atoms with Crippen molar-refractivity contribution in [2.75, 3.05) is 13.1 Å². The van der Waals surface area contributed by atoms with Gasteiger partial charge in [0.05, 0.1) is 4.90 Å². The maximum absolute atomic E-state index is 13.7. The number of halogens is 2. The van der Waals surface area contributed by atoms with Gasteiger partial charge in [0.25, 0.3) is 0 Å². The van der Waals surface area contributed by atoms with Gasteiger partial charge in [-0.15, -0.1) is 0 Å². The first kappa shape index (κ1) is 19.3.